The highest BCUT2D eigenvalue weighted by molar-refractivity contribution is 5.99. The Morgan fingerprint density at radius 1 is 1.03 bits per heavy atom. The van der Waals surface area contributed by atoms with Gasteiger partial charge in [0.25, 0.3) is 5.91 Å². The first-order chi connectivity index (χ1) is 15.6. The molecule has 2 fully saturated rings. The summed E-state index contributed by atoms with van der Waals surface area (Å²) >= 11 is 0. The number of likely N-dealkylation sites (tertiary alicyclic amines) is 1. The predicted molar refractivity (Wildman–Crippen MR) is 127 cm³/mol. The molecule has 2 aromatic rings. The van der Waals surface area contributed by atoms with Gasteiger partial charge in [-0.25, -0.2) is 0 Å². The molecule has 1 saturated carbocycles. The number of benzene rings is 2. The lowest BCUT2D eigenvalue weighted by atomic mass is 9.75. The van der Waals surface area contributed by atoms with Crippen LogP contribution in [0.4, 0.5) is 5.69 Å². The van der Waals surface area contributed by atoms with Crippen LogP contribution in [0.3, 0.4) is 0 Å². The third-order valence-corrected chi connectivity index (χ3v) is 6.74. The molecule has 5 nitrogen and oxygen atoms in total. The Balaban J connectivity index is 1.46. The lowest BCUT2D eigenvalue weighted by Crippen LogP contribution is -2.44. The maximum absolute atomic E-state index is 13.4. The SMILES string of the molecule is CCCOc1cc(NC(=O)Cc2ccccc2)ccc1C(=O)N1CC[C@H]2CCCC[C@H]2C1. The van der Waals surface area contributed by atoms with Gasteiger partial charge < -0.3 is 15.0 Å². The van der Waals surface area contributed by atoms with Gasteiger partial charge in [0.15, 0.2) is 0 Å². The summed E-state index contributed by atoms with van der Waals surface area (Å²) in [4.78, 5) is 27.9. The molecule has 0 bridgehead atoms. The molecule has 170 valence electrons. The van der Waals surface area contributed by atoms with Gasteiger partial charge in [-0.1, -0.05) is 56.5 Å². The lowest BCUT2D eigenvalue weighted by Gasteiger charge is -2.41. The summed E-state index contributed by atoms with van der Waals surface area (Å²) in [6.45, 7) is 4.25. The summed E-state index contributed by atoms with van der Waals surface area (Å²) in [5.41, 5.74) is 2.21. The molecule has 32 heavy (non-hydrogen) atoms. The lowest BCUT2D eigenvalue weighted by molar-refractivity contribution is -0.115. The summed E-state index contributed by atoms with van der Waals surface area (Å²) in [6.07, 6.45) is 7.44. The van der Waals surface area contributed by atoms with Gasteiger partial charge in [-0.2, -0.15) is 0 Å². The zero-order chi connectivity index (χ0) is 22.3. The quantitative estimate of drug-likeness (QED) is 0.643. The van der Waals surface area contributed by atoms with E-state index in [1.165, 1.54) is 25.7 Å². The smallest absolute Gasteiger partial charge is 0.257 e. The molecule has 0 spiro atoms. The number of nitrogens with one attached hydrogen (secondary N) is 1. The first-order valence-corrected chi connectivity index (χ1v) is 12.0. The molecule has 0 unspecified atom stereocenters. The second-order valence-electron chi connectivity index (χ2n) is 9.11. The highest BCUT2D eigenvalue weighted by Gasteiger charge is 2.34. The van der Waals surface area contributed by atoms with Crippen LogP contribution in [0.25, 0.3) is 0 Å². The fourth-order valence-electron chi connectivity index (χ4n) is 5.05. The van der Waals surface area contributed by atoms with Gasteiger partial charge in [0.1, 0.15) is 5.75 Å². The van der Waals surface area contributed by atoms with Crippen LogP contribution >= 0.6 is 0 Å². The molecule has 1 aliphatic carbocycles. The van der Waals surface area contributed by atoms with Crippen molar-refractivity contribution in [2.75, 3.05) is 25.0 Å². The van der Waals surface area contributed by atoms with Crippen LogP contribution in [-0.2, 0) is 11.2 Å². The highest BCUT2D eigenvalue weighted by Crippen LogP contribution is 2.37. The summed E-state index contributed by atoms with van der Waals surface area (Å²) in [6, 6.07) is 15.1. The van der Waals surface area contributed by atoms with E-state index >= 15 is 0 Å². The van der Waals surface area contributed by atoms with Crippen molar-refractivity contribution < 1.29 is 14.3 Å². The summed E-state index contributed by atoms with van der Waals surface area (Å²) in [5, 5.41) is 2.95. The topological polar surface area (TPSA) is 58.6 Å². The van der Waals surface area contributed by atoms with Gasteiger partial charge in [-0.05, 0) is 48.8 Å². The molecule has 1 aliphatic heterocycles. The molecule has 2 aromatic carbocycles. The molecule has 2 amide bonds. The molecule has 1 N–H and O–H groups in total. The predicted octanol–water partition coefficient (Wildman–Crippen LogP) is 5.31. The number of hydrogen-bond acceptors (Lipinski definition) is 3. The maximum Gasteiger partial charge on any atom is 0.257 e. The molecule has 1 heterocycles. The number of anilines is 1. The number of rotatable bonds is 7. The van der Waals surface area contributed by atoms with E-state index in [4.69, 9.17) is 4.74 Å². The molecule has 0 radical (unpaired) electrons. The number of carbonyl (C=O) groups is 2. The van der Waals surface area contributed by atoms with Crippen molar-refractivity contribution in [1.29, 1.82) is 0 Å². The zero-order valence-electron chi connectivity index (χ0n) is 19.0. The minimum atomic E-state index is -0.0870. The molecular weight excluding hydrogens is 400 g/mol. The van der Waals surface area contributed by atoms with E-state index in [9.17, 15) is 9.59 Å². The number of ether oxygens (including phenoxy) is 1. The fraction of sp³-hybridized carbons (Fsp3) is 0.481. The first kappa shape index (κ1) is 22.4. The largest absolute Gasteiger partial charge is 0.493 e. The van der Waals surface area contributed by atoms with E-state index in [-0.39, 0.29) is 11.8 Å². The molecule has 4 rings (SSSR count). The van der Waals surface area contributed by atoms with Crippen LogP contribution in [0.15, 0.2) is 48.5 Å². The van der Waals surface area contributed by atoms with E-state index in [0.717, 1.165) is 37.4 Å². The monoisotopic (exact) mass is 434 g/mol. The molecule has 2 aliphatic rings. The van der Waals surface area contributed by atoms with Crippen molar-refractivity contribution >= 4 is 17.5 Å². The Labute approximate surface area is 191 Å². The Morgan fingerprint density at radius 2 is 1.81 bits per heavy atom. The van der Waals surface area contributed by atoms with Crippen molar-refractivity contribution in [2.45, 2.75) is 51.9 Å². The molecule has 5 heteroatoms. The van der Waals surface area contributed by atoms with Crippen LogP contribution in [0.5, 0.6) is 5.75 Å². The van der Waals surface area contributed by atoms with Crippen LogP contribution < -0.4 is 10.1 Å². The van der Waals surface area contributed by atoms with Gasteiger partial charge in [0.05, 0.1) is 18.6 Å². The molecular formula is C27H34N2O3. The van der Waals surface area contributed by atoms with Crippen LogP contribution in [0, 0.1) is 11.8 Å². The fourth-order valence-corrected chi connectivity index (χ4v) is 5.05. The van der Waals surface area contributed by atoms with Gasteiger partial charge in [-0.15, -0.1) is 0 Å². The van der Waals surface area contributed by atoms with Gasteiger partial charge in [-0.3, -0.25) is 9.59 Å². The van der Waals surface area contributed by atoms with Crippen LogP contribution in [-0.4, -0.2) is 36.4 Å². The highest BCUT2D eigenvalue weighted by atomic mass is 16.5. The number of hydrogen-bond donors (Lipinski definition) is 1. The molecule has 2 atom stereocenters. The van der Waals surface area contributed by atoms with Gasteiger partial charge in [0, 0.05) is 24.8 Å². The minimum Gasteiger partial charge on any atom is -0.493 e. The summed E-state index contributed by atoms with van der Waals surface area (Å²) in [7, 11) is 0. The Morgan fingerprint density at radius 3 is 2.59 bits per heavy atom. The third-order valence-electron chi connectivity index (χ3n) is 6.74. The number of carbonyl (C=O) groups excluding carboxylic acids is 2. The van der Waals surface area contributed by atoms with Crippen LogP contribution in [0.2, 0.25) is 0 Å². The summed E-state index contributed by atoms with van der Waals surface area (Å²) < 4.78 is 5.95. The second-order valence-corrected chi connectivity index (χ2v) is 9.11. The average Bonchev–Trinajstić information content (AvgIpc) is 2.82. The van der Waals surface area contributed by atoms with Gasteiger partial charge >= 0.3 is 0 Å². The second kappa shape index (κ2) is 10.7. The van der Waals surface area contributed by atoms with Gasteiger partial charge in [0.2, 0.25) is 5.91 Å². The number of fused-ring (bicyclic) bond motifs is 1. The first-order valence-electron chi connectivity index (χ1n) is 12.0. The normalized spacial score (nSPS) is 20.3. The van der Waals surface area contributed by atoms with Crippen molar-refractivity contribution in [3.63, 3.8) is 0 Å². The van der Waals surface area contributed by atoms with E-state index in [0.29, 0.717) is 35.9 Å². The Bertz CT molecular complexity index is 928. The van der Waals surface area contributed by atoms with Crippen molar-refractivity contribution in [3.8, 4) is 5.75 Å². The molecule has 1 saturated heterocycles. The third kappa shape index (κ3) is 5.50. The molecule has 0 aromatic heterocycles. The Kier molecular flexibility index (Phi) is 7.46. The van der Waals surface area contributed by atoms with Crippen molar-refractivity contribution in [1.82, 2.24) is 4.90 Å². The van der Waals surface area contributed by atoms with E-state index < -0.39 is 0 Å². The zero-order valence-corrected chi connectivity index (χ0v) is 19.0. The number of amides is 2. The van der Waals surface area contributed by atoms with Crippen LogP contribution in [0.1, 0.15) is 61.4 Å². The maximum atomic E-state index is 13.4. The van der Waals surface area contributed by atoms with Crippen molar-refractivity contribution in [2.24, 2.45) is 11.8 Å². The van der Waals surface area contributed by atoms with E-state index in [1.54, 1.807) is 12.1 Å². The Hall–Kier alpha value is -2.82. The standard InChI is InChI=1S/C27H34N2O3/c1-2-16-32-25-18-23(28-26(30)17-20-8-4-3-5-9-20)12-13-24(25)27(31)29-15-14-21-10-6-7-11-22(21)19-29/h3-5,8-9,12-13,18,21-22H,2,6-7,10-11,14-17,19H2,1H3,(H,28,30)/t21-,22+/m1/s1. The average molecular weight is 435 g/mol. The van der Waals surface area contributed by atoms with E-state index in [1.807, 2.05) is 48.2 Å². The summed E-state index contributed by atoms with van der Waals surface area (Å²) in [5.74, 6) is 1.93. The minimum absolute atomic E-state index is 0.0438. The number of piperidine rings is 1. The number of nitrogens with zero attached hydrogens (tertiary/aromatic N) is 1. The van der Waals surface area contributed by atoms with E-state index in [2.05, 4.69) is 5.32 Å². The van der Waals surface area contributed by atoms with Crippen molar-refractivity contribution in [3.05, 3.63) is 59.7 Å².